The van der Waals surface area contributed by atoms with Crippen LogP contribution in [0.4, 0.5) is 4.79 Å². The molecular formula is C19H31N3O5S. The minimum Gasteiger partial charge on any atom is -0.496 e. The molecule has 0 atom stereocenters. The lowest BCUT2D eigenvalue weighted by Gasteiger charge is -2.21. The lowest BCUT2D eigenvalue weighted by atomic mass is 10.1. The van der Waals surface area contributed by atoms with Crippen molar-refractivity contribution in [1.29, 1.82) is 0 Å². The minimum absolute atomic E-state index is 0.126. The Morgan fingerprint density at radius 3 is 2.29 bits per heavy atom. The molecule has 1 aromatic carbocycles. The summed E-state index contributed by atoms with van der Waals surface area (Å²) in [4.78, 5) is 16.3. The third-order valence-corrected chi connectivity index (χ3v) is 5.44. The number of aliphatic imine (C=N–C) groups is 1. The second-order valence-electron chi connectivity index (χ2n) is 7.44. The summed E-state index contributed by atoms with van der Waals surface area (Å²) in [7, 11) is -2.46. The van der Waals surface area contributed by atoms with E-state index in [9.17, 15) is 13.2 Å². The van der Waals surface area contributed by atoms with Crippen LogP contribution in [0.2, 0.25) is 0 Å². The van der Waals surface area contributed by atoms with E-state index < -0.39 is 21.7 Å². The largest absolute Gasteiger partial charge is 0.496 e. The number of sulfonamides is 1. The minimum atomic E-state index is -3.99. The van der Waals surface area contributed by atoms with Gasteiger partial charge in [0.25, 0.3) is 10.0 Å². The van der Waals surface area contributed by atoms with Crippen molar-refractivity contribution in [3.8, 4) is 5.75 Å². The Labute approximate surface area is 167 Å². The third kappa shape index (κ3) is 6.40. The Kier molecular flexibility index (Phi) is 7.86. The summed E-state index contributed by atoms with van der Waals surface area (Å²) in [5.41, 5.74) is 1.09. The molecule has 0 aliphatic heterocycles. The molecule has 0 saturated heterocycles. The Morgan fingerprint density at radius 1 is 1.18 bits per heavy atom. The Balaban J connectivity index is 3.25. The molecule has 0 aromatic heterocycles. The summed E-state index contributed by atoms with van der Waals surface area (Å²) in [6.07, 6.45) is -0.106. The number of carbonyl (C=O) groups is 1. The maximum absolute atomic E-state index is 13.0. The molecule has 9 heteroatoms. The molecule has 0 aliphatic carbocycles. The highest BCUT2D eigenvalue weighted by Gasteiger charge is 2.25. The normalized spacial score (nSPS) is 12.5. The van der Waals surface area contributed by atoms with E-state index in [1.54, 1.807) is 47.6 Å². The van der Waals surface area contributed by atoms with Crippen molar-refractivity contribution >= 4 is 22.1 Å². The van der Waals surface area contributed by atoms with E-state index in [0.717, 1.165) is 5.56 Å². The molecule has 158 valence electrons. The second kappa shape index (κ2) is 9.27. The monoisotopic (exact) mass is 413 g/mol. The average Bonchev–Trinajstić information content (AvgIpc) is 2.53. The first-order valence-electron chi connectivity index (χ1n) is 9.04. The molecule has 1 amide bonds. The number of nitrogens with zero attached hydrogens (tertiary/aromatic N) is 1. The number of nitrogens with one attached hydrogen (secondary N) is 2. The van der Waals surface area contributed by atoms with Crippen LogP contribution >= 0.6 is 0 Å². The number of carbonyl (C=O) groups excluding carboxylic acids is 1. The maximum atomic E-state index is 13.0. The van der Waals surface area contributed by atoms with Crippen molar-refractivity contribution in [3.05, 3.63) is 22.8 Å². The fourth-order valence-electron chi connectivity index (χ4n) is 2.55. The Hall–Kier alpha value is -2.29. The zero-order valence-corrected chi connectivity index (χ0v) is 18.7. The molecule has 28 heavy (non-hydrogen) atoms. The maximum Gasteiger partial charge on any atom is 0.414 e. The molecule has 0 aliphatic rings. The predicted octanol–water partition coefficient (Wildman–Crippen LogP) is 3.19. The first kappa shape index (κ1) is 23.7. The molecule has 0 heterocycles. The number of guanidine groups is 1. The summed E-state index contributed by atoms with van der Waals surface area (Å²) in [5, 5.41) is 2.38. The van der Waals surface area contributed by atoms with Crippen molar-refractivity contribution in [3.63, 3.8) is 0 Å². The average molecular weight is 414 g/mol. The van der Waals surface area contributed by atoms with Crippen LogP contribution in [0, 0.1) is 20.8 Å². The number of hydrogen-bond donors (Lipinski definition) is 2. The van der Waals surface area contributed by atoms with Crippen molar-refractivity contribution in [2.45, 2.75) is 65.4 Å². The number of ether oxygens (including phenoxy) is 2. The zero-order chi connectivity index (χ0) is 21.7. The van der Waals surface area contributed by atoms with Crippen LogP contribution in [-0.2, 0) is 14.8 Å². The van der Waals surface area contributed by atoms with Crippen molar-refractivity contribution in [1.82, 2.24) is 10.0 Å². The quantitative estimate of drug-likeness (QED) is 0.570. The fraction of sp³-hybridized carbons (Fsp3) is 0.579. The smallest absolute Gasteiger partial charge is 0.414 e. The molecule has 0 unspecified atom stereocenters. The van der Waals surface area contributed by atoms with Gasteiger partial charge in [-0.15, -0.1) is 0 Å². The van der Waals surface area contributed by atoms with E-state index >= 15 is 0 Å². The first-order valence-corrected chi connectivity index (χ1v) is 10.5. The van der Waals surface area contributed by atoms with Gasteiger partial charge in [-0.3, -0.25) is 10.3 Å². The molecule has 0 saturated carbocycles. The highest BCUT2D eigenvalue weighted by molar-refractivity contribution is 7.90. The summed E-state index contributed by atoms with van der Waals surface area (Å²) >= 11 is 0. The van der Waals surface area contributed by atoms with Crippen molar-refractivity contribution in [2.24, 2.45) is 4.99 Å². The molecule has 0 bridgehead atoms. The lowest BCUT2D eigenvalue weighted by Crippen LogP contribution is -2.46. The highest BCUT2D eigenvalue weighted by atomic mass is 32.2. The number of aryl methyl sites for hydroxylation is 1. The lowest BCUT2D eigenvalue weighted by molar-refractivity contribution is 0.0562. The summed E-state index contributed by atoms with van der Waals surface area (Å²) < 4.78 is 38.9. The number of amides is 1. The zero-order valence-electron chi connectivity index (χ0n) is 17.9. The van der Waals surface area contributed by atoms with Gasteiger partial charge in [-0.25, -0.2) is 17.9 Å². The van der Waals surface area contributed by atoms with E-state index in [1.165, 1.54) is 7.11 Å². The van der Waals surface area contributed by atoms with Crippen LogP contribution in [0.1, 0.15) is 50.8 Å². The van der Waals surface area contributed by atoms with Gasteiger partial charge in [-0.1, -0.05) is 6.92 Å². The van der Waals surface area contributed by atoms with E-state index in [0.29, 0.717) is 29.8 Å². The van der Waals surface area contributed by atoms with Gasteiger partial charge < -0.3 is 9.47 Å². The molecular weight excluding hydrogens is 382 g/mol. The number of alkyl carbamates (subject to hydrolysis) is 1. The van der Waals surface area contributed by atoms with Gasteiger partial charge >= 0.3 is 6.09 Å². The molecule has 1 aromatic rings. The van der Waals surface area contributed by atoms with Crippen molar-refractivity contribution < 1.29 is 22.7 Å². The van der Waals surface area contributed by atoms with E-state index in [4.69, 9.17) is 9.47 Å². The molecule has 0 spiro atoms. The van der Waals surface area contributed by atoms with E-state index in [2.05, 4.69) is 15.0 Å². The highest BCUT2D eigenvalue weighted by Crippen LogP contribution is 2.30. The van der Waals surface area contributed by atoms with Crippen LogP contribution < -0.4 is 14.8 Å². The van der Waals surface area contributed by atoms with Gasteiger partial charge in [0.05, 0.1) is 12.0 Å². The number of rotatable bonds is 5. The van der Waals surface area contributed by atoms with Crippen LogP contribution in [0.3, 0.4) is 0 Å². The number of hydrogen-bond acceptors (Lipinski definition) is 6. The number of benzene rings is 1. The fourth-order valence-corrected chi connectivity index (χ4v) is 4.06. The van der Waals surface area contributed by atoms with Gasteiger partial charge in [0.15, 0.2) is 0 Å². The topological polar surface area (TPSA) is 106 Å². The van der Waals surface area contributed by atoms with Gasteiger partial charge in [-0.2, -0.15) is 0 Å². The van der Waals surface area contributed by atoms with E-state index in [-0.39, 0.29) is 10.9 Å². The predicted molar refractivity (Wildman–Crippen MR) is 109 cm³/mol. The van der Waals surface area contributed by atoms with Crippen LogP contribution in [-0.4, -0.2) is 39.7 Å². The molecule has 2 N–H and O–H groups in total. The molecule has 8 nitrogen and oxygen atoms in total. The Bertz CT molecular complexity index is 855. The third-order valence-electron chi connectivity index (χ3n) is 3.81. The second-order valence-corrected chi connectivity index (χ2v) is 9.06. The van der Waals surface area contributed by atoms with Crippen LogP contribution in [0.5, 0.6) is 5.75 Å². The molecule has 0 fully saturated rings. The Morgan fingerprint density at radius 2 is 1.79 bits per heavy atom. The van der Waals surface area contributed by atoms with Gasteiger partial charge in [0.1, 0.15) is 11.4 Å². The summed E-state index contributed by atoms with van der Waals surface area (Å²) in [5.74, 6) is 0.434. The van der Waals surface area contributed by atoms with Crippen molar-refractivity contribution in [2.75, 3.05) is 13.7 Å². The van der Waals surface area contributed by atoms with Gasteiger partial charge in [0, 0.05) is 6.54 Å². The SMILES string of the molecule is CCCN=C(NC(=O)OC(C)(C)C)NS(=O)(=O)c1c(C)cc(OC)c(C)c1C. The molecule has 1 rings (SSSR count). The number of methoxy groups -OCH3 is 1. The van der Waals surface area contributed by atoms with Crippen LogP contribution in [0.15, 0.2) is 16.0 Å². The van der Waals surface area contributed by atoms with E-state index in [1.807, 2.05) is 6.92 Å². The van der Waals surface area contributed by atoms with Gasteiger partial charge in [0.2, 0.25) is 5.96 Å². The summed E-state index contributed by atoms with van der Waals surface area (Å²) in [6.45, 7) is 12.6. The summed E-state index contributed by atoms with van der Waals surface area (Å²) in [6, 6.07) is 1.67. The van der Waals surface area contributed by atoms with Crippen LogP contribution in [0.25, 0.3) is 0 Å². The standard InChI is InChI=1S/C19H31N3O5S/c1-9-10-20-17(21-18(23)27-19(5,6)7)22-28(24,25)16-12(2)11-15(26-8)13(3)14(16)4/h11H,9-10H2,1-8H3,(H2,20,21,22,23). The van der Waals surface area contributed by atoms with Gasteiger partial charge in [-0.05, 0) is 70.7 Å². The first-order chi connectivity index (χ1) is 12.8. The molecule has 0 radical (unpaired) electrons.